The molecule has 1 fully saturated rings. The molecule has 3 rings (SSSR count). The zero-order valence-corrected chi connectivity index (χ0v) is 19.2. The van der Waals surface area contributed by atoms with E-state index in [1.807, 2.05) is 70.2 Å². The molecule has 2 aromatic rings. The lowest BCUT2D eigenvalue weighted by Gasteiger charge is -2.32. The third-order valence-electron chi connectivity index (χ3n) is 4.72. The number of halogens is 1. The van der Waals surface area contributed by atoms with Gasteiger partial charge in [0.25, 0.3) is 0 Å². The summed E-state index contributed by atoms with van der Waals surface area (Å²) in [7, 11) is 0. The number of nitrogens with one attached hydrogen (secondary N) is 1. The van der Waals surface area contributed by atoms with Crippen LogP contribution < -0.4 is 5.32 Å². The van der Waals surface area contributed by atoms with Gasteiger partial charge in [0.2, 0.25) is 5.91 Å². The maximum atomic E-state index is 13.1. The first-order valence-corrected chi connectivity index (χ1v) is 11.3. The van der Waals surface area contributed by atoms with Gasteiger partial charge in [0.15, 0.2) is 0 Å². The molecule has 0 spiro atoms. The van der Waals surface area contributed by atoms with Crippen molar-refractivity contribution in [3.63, 3.8) is 0 Å². The van der Waals surface area contributed by atoms with Crippen molar-refractivity contribution in [2.24, 2.45) is 0 Å². The fourth-order valence-electron chi connectivity index (χ4n) is 3.26. The Balaban J connectivity index is 1.83. The highest BCUT2D eigenvalue weighted by molar-refractivity contribution is 7.99. The lowest BCUT2D eigenvalue weighted by Crippen LogP contribution is -2.49. The second-order valence-electron chi connectivity index (χ2n) is 8.28. The molecule has 1 N–H and O–H groups in total. The summed E-state index contributed by atoms with van der Waals surface area (Å²) in [5, 5.41) is 3.35. The fourth-order valence-corrected chi connectivity index (χ4v) is 4.81. The fraction of sp³-hybridized carbons (Fsp3) is 0.391. The summed E-state index contributed by atoms with van der Waals surface area (Å²) in [6.45, 7) is 7.39. The molecule has 3 atom stereocenters. The predicted octanol–water partition coefficient (Wildman–Crippen LogP) is 5.57. The van der Waals surface area contributed by atoms with E-state index in [0.717, 1.165) is 11.1 Å². The van der Waals surface area contributed by atoms with E-state index in [1.165, 1.54) is 0 Å². The quantitative estimate of drug-likeness (QED) is 0.667. The Kier molecular flexibility index (Phi) is 6.98. The van der Waals surface area contributed by atoms with Crippen molar-refractivity contribution in [1.29, 1.82) is 0 Å². The maximum absolute atomic E-state index is 13.1. The second-order valence-corrected chi connectivity index (χ2v) is 9.83. The number of hydrogen-bond donors (Lipinski definition) is 1. The second kappa shape index (κ2) is 9.31. The van der Waals surface area contributed by atoms with Crippen molar-refractivity contribution in [3.8, 4) is 0 Å². The average molecular weight is 447 g/mol. The van der Waals surface area contributed by atoms with E-state index in [1.54, 1.807) is 28.8 Å². The molecule has 1 aliphatic heterocycles. The summed E-state index contributed by atoms with van der Waals surface area (Å²) >= 11 is 7.57. The summed E-state index contributed by atoms with van der Waals surface area (Å²) in [6, 6.07) is 16.3. The van der Waals surface area contributed by atoms with Crippen LogP contribution in [0.3, 0.4) is 0 Å². The molecule has 5 nitrogen and oxygen atoms in total. The van der Waals surface area contributed by atoms with Crippen LogP contribution in [0.2, 0.25) is 5.02 Å². The Bertz CT molecular complexity index is 884. The highest BCUT2D eigenvalue weighted by atomic mass is 35.5. The molecule has 30 heavy (non-hydrogen) atoms. The van der Waals surface area contributed by atoms with E-state index >= 15 is 0 Å². The SMILES string of the molecule is C[C@H](NC(=O)[C@@H]1CS[C@H](c2ccc(Cl)cc2)N1C(=O)OC(C)(C)C)c1ccccc1. The zero-order chi connectivity index (χ0) is 21.9. The van der Waals surface area contributed by atoms with Crippen LogP contribution in [-0.4, -0.2) is 34.3 Å². The third kappa shape index (κ3) is 5.49. The highest BCUT2D eigenvalue weighted by Crippen LogP contribution is 2.42. The van der Waals surface area contributed by atoms with E-state index in [2.05, 4.69) is 5.32 Å². The van der Waals surface area contributed by atoms with E-state index in [4.69, 9.17) is 16.3 Å². The van der Waals surface area contributed by atoms with Crippen LogP contribution in [0.5, 0.6) is 0 Å². The summed E-state index contributed by atoms with van der Waals surface area (Å²) in [5.74, 6) is 0.293. The molecule has 160 valence electrons. The monoisotopic (exact) mass is 446 g/mol. The Hall–Kier alpha value is -2.18. The zero-order valence-electron chi connectivity index (χ0n) is 17.6. The van der Waals surface area contributed by atoms with Crippen LogP contribution in [0.15, 0.2) is 54.6 Å². The molecule has 1 aliphatic rings. The number of thioether (sulfide) groups is 1. The molecule has 1 saturated heterocycles. The molecule has 0 unspecified atom stereocenters. The van der Waals surface area contributed by atoms with Crippen molar-refractivity contribution in [1.82, 2.24) is 10.2 Å². The van der Waals surface area contributed by atoms with Gasteiger partial charge in [0.05, 0.1) is 6.04 Å². The summed E-state index contributed by atoms with van der Waals surface area (Å²) in [6.07, 6.45) is -0.500. The number of carbonyl (C=O) groups is 2. The van der Waals surface area contributed by atoms with Gasteiger partial charge in [0, 0.05) is 10.8 Å². The minimum atomic E-state index is -0.659. The van der Waals surface area contributed by atoms with Gasteiger partial charge < -0.3 is 10.1 Å². The smallest absolute Gasteiger partial charge is 0.412 e. The lowest BCUT2D eigenvalue weighted by atomic mass is 10.1. The number of carbonyl (C=O) groups excluding carboxylic acids is 2. The molecular formula is C23H27ClN2O3S. The van der Waals surface area contributed by atoms with E-state index in [9.17, 15) is 9.59 Å². The molecule has 1 heterocycles. The van der Waals surface area contributed by atoms with Crippen molar-refractivity contribution in [2.75, 3.05) is 5.75 Å². The van der Waals surface area contributed by atoms with E-state index < -0.39 is 17.7 Å². The van der Waals surface area contributed by atoms with Crippen LogP contribution in [0.1, 0.15) is 50.2 Å². The molecule has 0 radical (unpaired) electrons. The standard InChI is InChI=1S/C23H27ClN2O3S/c1-15(16-8-6-5-7-9-16)25-20(27)19-14-30-21(17-10-12-18(24)13-11-17)26(19)22(28)29-23(2,3)4/h5-13,15,19,21H,14H2,1-4H3,(H,25,27)/t15-,19-,21+/m0/s1. The number of amides is 2. The molecule has 0 aliphatic carbocycles. The highest BCUT2D eigenvalue weighted by Gasteiger charge is 2.44. The number of nitrogens with zero attached hydrogens (tertiary/aromatic N) is 1. The van der Waals surface area contributed by atoms with E-state index in [-0.39, 0.29) is 17.3 Å². The Morgan fingerprint density at radius 2 is 1.77 bits per heavy atom. The normalized spacial score (nSPS) is 20.0. The topological polar surface area (TPSA) is 58.6 Å². The van der Waals surface area contributed by atoms with Gasteiger partial charge in [-0.3, -0.25) is 9.69 Å². The van der Waals surface area contributed by atoms with Crippen LogP contribution in [-0.2, 0) is 9.53 Å². The van der Waals surface area contributed by atoms with Gasteiger partial charge in [0.1, 0.15) is 17.0 Å². The van der Waals surface area contributed by atoms with Crippen molar-refractivity contribution < 1.29 is 14.3 Å². The van der Waals surface area contributed by atoms with Crippen molar-refractivity contribution in [3.05, 3.63) is 70.7 Å². The van der Waals surface area contributed by atoms with E-state index in [0.29, 0.717) is 10.8 Å². The lowest BCUT2D eigenvalue weighted by molar-refractivity contribution is -0.126. The van der Waals surface area contributed by atoms with Crippen LogP contribution in [0.25, 0.3) is 0 Å². The molecule has 2 amide bonds. The largest absolute Gasteiger partial charge is 0.444 e. The van der Waals surface area contributed by atoms with Crippen molar-refractivity contribution >= 4 is 35.4 Å². The van der Waals surface area contributed by atoms with Gasteiger partial charge in [-0.05, 0) is 51.0 Å². The van der Waals surface area contributed by atoms with Gasteiger partial charge in [-0.2, -0.15) is 0 Å². The van der Waals surface area contributed by atoms with Crippen LogP contribution in [0, 0.1) is 0 Å². The first-order valence-electron chi connectivity index (χ1n) is 9.89. The third-order valence-corrected chi connectivity index (χ3v) is 6.30. The van der Waals surface area contributed by atoms with Crippen molar-refractivity contribution in [2.45, 2.75) is 50.8 Å². The van der Waals surface area contributed by atoms with Gasteiger partial charge >= 0.3 is 6.09 Å². The first-order chi connectivity index (χ1) is 14.2. The Morgan fingerprint density at radius 1 is 1.13 bits per heavy atom. The molecule has 0 aromatic heterocycles. The number of ether oxygens (including phenoxy) is 1. The number of benzene rings is 2. The van der Waals surface area contributed by atoms with Gasteiger partial charge in [-0.25, -0.2) is 4.79 Å². The minimum absolute atomic E-state index is 0.168. The number of rotatable bonds is 4. The first kappa shape index (κ1) is 22.5. The molecular weight excluding hydrogens is 420 g/mol. The molecule has 0 bridgehead atoms. The van der Waals surface area contributed by atoms with Gasteiger partial charge in [-0.1, -0.05) is 54.1 Å². The summed E-state index contributed by atoms with van der Waals surface area (Å²) < 4.78 is 5.63. The molecule has 0 saturated carbocycles. The maximum Gasteiger partial charge on any atom is 0.412 e. The number of hydrogen-bond acceptors (Lipinski definition) is 4. The summed E-state index contributed by atoms with van der Waals surface area (Å²) in [5.41, 5.74) is 1.25. The van der Waals surface area contributed by atoms with Gasteiger partial charge in [-0.15, -0.1) is 11.8 Å². The Labute approximate surface area is 187 Å². The van der Waals surface area contributed by atoms with Crippen LogP contribution in [0.4, 0.5) is 4.79 Å². The Morgan fingerprint density at radius 3 is 2.37 bits per heavy atom. The molecule has 7 heteroatoms. The van der Waals surface area contributed by atoms with Crippen LogP contribution >= 0.6 is 23.4 Å². The predicted molar refractivity (Wildman–Crippen MR) is 122 cm³/mol. The minimum Gasteiger partial charge on any atom is -0.444 e. The summed E-state index contributed by atoms with van der Waals surface area (Å²) in [4.78, 5) is 27.8. The average Bonchev–Trinajstić information content (AvgIpc) is 3.13. The molecule has 2 aromatic carbocycles.